The standard InChI is InChI=1S/C17H23N3O2/c18-14-9-20(10-17(14)6-3-7-17)16(22)12-8-15(21)19-13-5-2-1-4-11(12)13/h8,14H,1-7,9-10,18H2,(H,19,21). The lowest BCUT2D eigenvalue weighted by molar-refractivity contribution is 0.0725. The number of hydrogen-bond acceptors (Lipinski definition) is 3. The van der Waals surface area contributed by atoms with E-state index in [2.05, 4.69) is 4.98 Å². The van der Waals surface area contributed by atoms with Gasteiger partial charge in [0.05, 0.1) is 0 Å². The van der Waals surface area contributed by atoms with Crippen LogP contribution in [-0.4, -0.2) is 34.9 Å². The molecule has 3 aliphatic rings. The van der Waals surface area contributed by atoms with Gasteiger partial charge in [-0.2, -0.15) is 0 Å². The van der Waals surface area contributed by atoms with Crippen LogP contribution in [0.25, 0.3) is 0 Å². The fraction of sp³-hybridized carbons (Fsp3) is 0.647. The molecule has 2 heterocycles. The van der Waals surface area contributed by atoms with Gasteiger partial charge >= 0.3 is 0 Å². The van der Waals surface area contributed by atoms with Crippen molar-refractivity contribution in [3.8, 4) is 0 Å². The summed E-state index contributed by atoms with van der Waals surface area (Å²) in [6, 6.07) is 1.58. The van der Waals surface area contributed by atoms with Crippen molar-refractivity contribution in [2.45, 2.75) is 51.0 Å². The van der Waals surface area contributed by atoms with Crippen molar-refractivity contribution < 1.29 is 4.79 Å². The quantitative estimate of drug-likeness (QED) is 0.818. The molecule has 22 heavy (non-hydrogen) atoms. The molecule has 1 unspecified atom stereocenters. The molecule has 1 saturated heterocycles. The highest BCUT2D eigenvalue weighted by Gasteiger charge is 2.50. The van der Waals surface area contributed by atoms with Crippen LogP contribution in [0.15, 0.2) is 10.9 Å². The number of aromatic amines is 1. The van der Waals surface area contributed by atoms with E-state index in [-0.39, 0.29) is 22.9 Å². The molecule has 0 bridgehead atoms. The number of pyridine rings is 1. The summed E-state index contributed by atoms with van der Waals surface area (Å²) in [5.41, 5.74) is 8.91. The molecule has 3 N–H and O–H groups in total. The van der Waals surface area contributed by atoms with Crippen LogP contribution in [0.2, 0.25) is 0 Å². The number of carbonyl (C=O) groups excluding carboxylic acids is 1. The van der Waals surface area contributed by atoms with E-state index in [1.54, 1.807) is 0 Å². The molecule has 4 rings (SSSR count). The van der Waals surface area contributed by atoms with E-state index in [9.17, 15) is 9.59 Å². The predicted octanol–water partition coefficient (Wildman–Crippen LogP) is 1.21. The topological polar surface area (TPSA) is 79.2 Å². The van der Waals surface area contributed by atoms with E-state index in [0.29, 0.717) is 12.1 Å². The van der Waals surface area contributed by atoms with Crippen LogP contribution in [0.4, 0.5) is 0 Å². The Morgan fingerprint density at radius 3 is 2.73 bits per heavy atom. The maximum atomic E-state index is 13.0. The third-order valence-electron chi connectivity index (χ3n) is 5.92. The number of H-pyrrole nitrogens is 1. The van der Waals surface area contributed by atoms with Crippen molar-refractivity contribution >= 4 is 5.91 Å². The van der Waals surface area contributed by atoms with Gasteiger partial charge in [0.2, 0.25) is 5.56 Å². The second-order valence-corrected chi connectivity index (χ2v) is 7.22. The number of amides is 1. The summed E-state index contributed by atoms with van der Waals surface area (Å²) in [7, 11) is 0. The summed E-state index contributed by atoms with van der Waals surface area (Å²) in [6.07, 6.45) is 7.40. The Balaban J connectivity index is 1.66. The minimum atomic E-state index is -0.161. The van der Waals surface area contributed by atoms with E-state index in [1.165, 1.54) is 12.5 Å². The maximum absolute atomic E-state index is 13.0. The molecule has 2 fully saturated rings. The minimum absolute atomic E-state index is 0.00322. The van der Waals surface area contributed by atoms with Gasteiger partial charge in [-0.3, -0.25) is 9.59 Å². The second-order valence-electron chi connectivity index (χ2n) is 7.22. The minimum Gasteiger partial charge on any atom is -0.336 e. The van der Waals surface area contributed by atoms with Crippen molar-refractivity contribution in [1.82, 2.24) is 9.88 Å². The van der Waals surface area contributed by atoms with E-state index in [1.807, 2.05) is 4.90 Å². The van der Waals surface area contributed by atoms with Gasteiger partial charge in [0.1, 0.15) is 0 Å². The summed E-state index contributed by atoms with van der Waals surface area (Å²) >= 11 is 0. The number of nitrogens with two attached hydrogens (primary N) is 1. The Morgan fingerprint density at radius 1 is 1.27 bits per heavy atom. The first kappa shape index (κ1) is 14.0. The molecule has 0 radical (unpaired) electrons. The maximum Gasteiger partial charge on any atom is 0.254 e. The Bertz CT molecular complexity index is 675. The van der Waals surface area contributed by atoms with Gasteiger partial charge in [-0.25, -0.2) is 0 Å². The molecule has 1 amide bonds. The lowest BCUT2D eigenvalue weighted by atomic mass is 9.66. The van der Waals surface area contributed by atoms with Crippen LogP contribution < -0.4 is 11.3 Å². The summed E-state index contributed by atoms with van der Waals surface area (Å²) in [5, 5.41) is 0. The first-order valence-corrected chi connectivity index (χ1v) is 8.39. The van der Waals surface area contributed by atoms with E-state index < -0.39 is 0 Å². The third-order valence-corrected chi connectivity index (χ3v) is 5.92. The fourth-order valence-electron chi connectivity index (χ4n) is 4.41. The zero-order valence-electron chi connectivity index (χ0n) is 12.9. The van der Waals surface area contributed by atoms with Gasteiger partial charge in [-0.1, -0.05) is 6.42 Å². The Hall–Kier alpha value is -1.62. The van der Waals surface area contributed by atoms with Crippen molar-refractivity contribution in [3.05, 3.63) is 33.2 Å². The number of rotatable bonds is 1. The Morgan fingerprint density at radius 2 is 2.05 bits per heavy atom. The summed E-state index contributed by atoms with van der Waals surface area (Å²) in [5.74, 6) is 0.00322. The number of aromatic nitrogens is 1. The van der Waals surface area contributed by atoms with Gasteiger partial charge < -0.3 is 15.6 Å². The van der Waals surface area contributed by atoms with Crippen molar-refractivity contribution in [2.24, 2.45) is 11.1 Å². The summed E-state index contributed by atoms with van der Waals surface area (Å²) in [6.45, 7) is 1.38. The number of fused-ring (bicyclic) bond motifs is 1. The molecular weight excluding hydrogens is 278 g/mol. The molecule has 1 aromatic heterocycles. The molecule has 5 heteroatoms. The molecule has 118 valence electrons. The lowest BCUT2D eigenvalue weighted by Gasteiger charge is -2.41. The first-order valence-electron chi connectivity index (χ1n) is 8.39. The number of aryl methyl sites for hydroxylation is 1. The SMILES string of the molecule is NC1CN(C(=O)c2cc(=O)[nH]c3c2CCCC3)CC12CCC2. The first-order chi connectivity index (χ1) is 10.6. The van der Waals surface area contributed by atoms with Gasteiger partial charge in [0, 0.05) is 41.9 Å². The van der Waals surface area contributed by atoms with E-state index in [4.69, 9.17) is 5.73 Å². The van der Waals surface area contributed by atoms with Gasteiger partial charge in [0.25, 0.3) is 5.91 Å². The number of nitrogens with zero attached hydrogens (tertiary/aromatic N) is 1. The smallest absolute Gasteiger partial charge is 0.254 e. The van der Waals surface area contributed by atoms with E-state index >= 15 is 0 Å². The van der Waals surface area contributed by atoms with Crippen LogP contribution in [0.5, 0.6) is 0 Å². The third kappa shape index (κ3) is 2.02. The zero-order valence-corrected chi connectivity index (χ0v) is 12.9. The van der Waals surface area contributed by atoms with Gasteiger partial charge in [-0.15, -0.1) is 0 Å². The second kappa shape index (κ2) is 4.95. The number of nitrogens with one attached hydrogen (secondary N) is 1. The molecule has 1 atom stereocenters. The van der Waals surface area contributed by atoms with Gasteiger partial charge in [0.15, 0.2) is 0 Å². The number of carbonyl (C=O) groups is 1. The molecule has 5 nitrogen and oxygen atoms in total. The largest absolute Gasteiger partial charge is 0.336 e. The molecular formula is C17H23N3O2. The van der Waals surface area contributed by atoms with Crippen LogP contribution in [0.3, 0.4) is 0 Å². The molecule has 0 aromatic carbocycles. The number of hydrogen-bond donors (Lipinski definition) is 2. The monoisotopic (exact) mass is 301 g/mol. The summed E-state index contributed by atoms with van der Waals surface area (Å²) < 4.78 is 0. The number of likely N-dealkylation sites (tertiary alicyclic amines) is 1. The summed E-state index contributed by atoms with van der Waals surface area (Å²) in [4.78, 5) is 29.6. The van der Waals surface area contributed by atoms with Crippen molar-refractivity contribution in [3.63, 3.8) is 0 Å². The van der Waals surface area contributed by atoms with Gasteiger partial charge in [-0.05, 0) is 44.1 Å². The lowest BCUT2D eigenvalue weighted by Crippen LogP contribution is -2.45. The van der Waals surface area contributed by atoms with Crippen LogP contribution in [-0.2, 0) is 12.8 Å². The highest BCUT2D eigenvalue weighted by atomic mass is 16.2. The average Bonchev–Trinajstić information content (AvgIpc) is 2.83. The molecule has 1 spiro atoms. The van der Waals surface area contributed by atoms with Crippen molar-refractivity contribution in [2.75, 3.05) is 13.1 Å². The Kier molecular flexibility index (Phi) is 3.15. The predicted molar refractivity (Wildman–Crippen MR) is 83.9 cm³/mol. The molecule has 1 aliphatic heterocycles. The van der Waals surface area contributed by atoms with Crippen molar-refractivity contribution in [1.29, 1.82) is 0 Å². The molecule has 2 aliphatic carbocycles. The zero-order chi connectivity index (χ0) is 15.3. The average molecular weight is 301 g/mol. The normalized spacial score (nSPS) is 25.9. The van der Waals surface area contributed by atoms with Crippen LogP contribution in [0.1, 0.15) is 53.7 Å². The fourth-order valence-corrected chi connectivity index (χ4v) is 4.41. The molecule has 1 saturated carbocycles. The van der Waals surface area contributed by atoms with E-state index in [0.717, 1.165) is 56.3 Å². The Labute approximate surface area is 129 Å². The van der Waals surface area contributed by atoms with Crippen LogP contribution >= 0.6 is 0 Å². The van der Waals surface area contributed by atoms with Crippen LogP contribution in [0, 0.1) is 5.41 Å². The highest BCUT2D eigenvalue weighted by Crippen LogP contribution is 2.47. The highest BCUT2D eigenvalue weighted by molar-refractivity contribution is 5.96. The molecule has 1 aromatic rings.